The Morgan fingerprint density at radius 2 is 1.45 bits per heavy atom. The van der Waals surface area contributed by atoms with Crippen molar-refractivity contribution in [1.82, 2.24) is 4.57 Å². The Labute approximate surface area is 172 Å². The van der Waals surface area contributed by atoms with E-state index in [-0.39, 0.29) is 11.8 Å². The molecule has 144 valence electrons. The van der Waals surface area contributed by atoms with Gasteiger partial charge >= 0.3 is 0 Å². The number of rotatable bonds is 5. The Bertz CT molecular complexity index is 1130. The van der Waals surface area contributed by atoms with Crippen LogP contribution < -0.4 is 10.6 Å². The first-order valence-corrected chi connectivity index (χ1v) is 9.99. The van der Waals surface area contributed by atoms with Crippen LogP contribution in [0.15, 0.2) is 84.5 Å². The van der Waals surface area contributed by atoms with Gasteiger partial charge in [-0.2, -0.15) is 0 Å². The first-order valence-electron chi connectivity index (χ1n) is 9.11. The van der Waals surface area contributed by atoms with Crippen LogP contribution >= 0.6 is 11.3 Å². The van der Waals surface area contributed by atoms with Gasteiger partial charge in [-0.15, -0.1) is 11.3 Å². The molecule has 0 atom stereocenters. The molecule has 0 aliphatic carbocycles. The third kappa shape index (κ3) is 4.12. The molecule has 2 amide bonds. The summed E-state index contributed by atoms with van der Waals surface area (Å²) in [6.07, 6.45) is 3.88. The molecule has 2 N–H and O–H groups in total. The maximum Gasteiger partial charge on any atom is 0.267 e. The molecule has 2 aromatic carbocycles. The van der Waals surface area contributed by atoms with E-state index in [0.717, 1.165) is 16.8 Å². The van der Waals surface area contributed by atoms with Gasteiger partial charge in [-0.25, -0.2) is 0 Å². The lowest BCUT2D eigenvalue weighted by molar-refractivity contribution is -0.114. The third-order valence-corrected chi connectivity index (χ3v) is 5.35. The number of aromatic nitrogens is 1. The van der Waals surface area contributed by atoms with Gasteiger partial charge in [0.05, 0.1) is 5.69 Å². The molecule has 0 unspecified atom stereocenters. The number of carbonyl (C=O) groups is 2. The minimum Gasteiger partial charge on any atom is -0.326 e. The van der Waals surface area contributed by atoms with Crippen LogP contribution in [0.2, 0.25) is 0 Å². The molecule has 2 heterocycles. The predicted octanol–water partition coefficient (Wildman–Crippen LogP) is 5.42. The number of thiophene rings is 1. The van der Waals surface area contributed by atoms with Crippen LogP contribution in [-0.2, 0) is 4.79 Å². The van der Waals surface area contributed by atoms with E-state index in [2.05, 4.69) is 10.6 Å². The lowest BCUT2D eigenvalue weighted by atomic mass is 10.1. The molecule has 0 spiro atoms. The average Bonchev–Trinajstić information content (AvgIpc) is 3.39. The van der Waals surface area contributed by atoms with Crippen molar-refractivity contribution in [2.75, 3.05) is 10.6 Å². The average molecular weight is 401 g/mol. The first-order chi connectivity index (χ1) is 14.1. The van der Waals surface area contributed by atoms with E-state index >= 15 is 0 Å². The second kappa shape index (κ2) is 8.16. The molecule has 0 aliphatic rings. The van der Waals surface area contributed by atoms with Gasteiger partial charge in [-0.3, -0.25) is 9.59 Å². The zero-order valence-electron chi connectivity index (χ0n) is 15.8. The minimum atomic E-state index is -0.173. The van der Waals surface area contributed by atoms with Gasteiger partial charge < -0.3 is 15.2 Å². The molecule has 2 aromatic heterocycles. The molecule has 5 nitrogen and oxygen atoms in total. The van der Waals surface area contributed by atoms with Crippen LogP contribution in [0.3, 0.4) is 0 Å². The molecule has 0 saturated heterocycles. The van der Waals surface area contributed by atoms with Gasteiger partial charge in [0, 0.05) is 41.6 Å². The monoisotopic (exact) mass is 401 g/mol. The number of nitrogens with zero attached hydrogens (tertiary/aromatic N) is 1. The maximum atomic E-state index is 13.1. The number of benzene rings is 2. The number of carbonyl (C=O) groups excluding carboxylic acids is 2. The van der Waals surface area contributed by atoms with Crippen molar-refractivity contribution in [3.8, 4) is 16.8 Å². The summed E-state index contributed by atoms with van der Waals surface area (Å²) < 4.78 is 1.97. The highest BCUT2D eigenvalue weighted by Gasteiger charge is 2.20. The Hall–Kier alpha value is -3.64. The van der Waals surface area contributed by atoms with Crippen molar-refractivity contribution < 1.29 is 9.59 Å². The largest absolute Gasteiger partial charge is 0.326 e. The molecule has 4 aromatic rings. The molecule has 0 fully saturated rings. The van der Waals surface area contributed by atoms with Crippen LogP contribution in [0.4, 0.5) is 11.4 Å². The van der Waals surface area contributed by atoms with Gasteiger partial charge in [0.1, 0.15) is 4.88 Å². The van der Waals surface area contributed by atoms with Crippen LogP contribution in [0.5, 0.6) is 0 Å². The summed E-state index contributed by atoms with van der Waals surface area (Å²) in [5.41, 5.74) is 4.28. The van der Waals surface area contributed by atoms with Crippen molar-refractivity contribution in [3.63, 3.8) is 0 Å². The van der Waals surface area contributed by atoms with E-state index in [1.807, 2.05) is 64.8 Å². The summed E-state index contributed by atoms with van der Waals surface area (Å²) in [7, 11) is 0. The van der Waals surface area contributed by atoms with Gasteiger partial charge in [-0.1, -0.05) is 30.3 Å². The van der Waals surface area contributed by atoms with Crippen LogP contribution in [0.25, 0.3) is 16.8 Å². The van der Waals surface area contributed by atoms with E-state index in [4.69, 9.17) is 0 Å². The fraction of sp³-hybridized carbons (Fsp3) is 0.0435. The molecule has 0 saturated carbocycles. The van der Waals surface area contributed by atoms with Crippen molar-refractivity contribution >= 4 is 34.5 Å². The zero-order chi connectivity index (χ0) is 20.2. The van der Waals surface area contributed by atoms with Gasteiger partial charge in [0.2, 0.25) is 5.91 Å². The van der Waals surface area contributed by atoms with E-state index in [1.165, 1.54) is 18.3 Å². The number of amides is 2. The van der Waals surface area contributed by atoms with Crippen molar-refractivity contribution in [2.24, 2.45) is 0 Å². The summed E-state index contributed by atoms with van der Waals surface area (Å²) in [6.45, 7) is 1.46. The van der Waals surface area contributed by atoms with Crippen molar-refractivity contribution in [1.29, 1.82) is 0 Å². The highest BCUT2D eigenvalue weighted by molar-refractivity contribution is 7.13. The smallest absolute Gasteiger partial charge is 0.267 e. The Morgan fingerprint density at radius 1 is 0.828 bits per heavy atom. The number of hydrogen-bond donors (Lipinski definition) is 2. The Balaban J connectivity index is 1.65. The molecule has 0 aliphatic heterocycles. The molecule has 29 heavy (non-hydrogen) atoms. The van der Waals surface area contributed by atoms with Crippen molar-refractivity contribution in [3.05, 3.63) is 89.4 Å². The fourth-order valence-corrected chi connectivity index (χ4v) is 4.07. The Kier molecular flexibility index (Phi) is 5.27. The van der Waals surface area contributed by atoms with Gasteiger partial charge in [0.25, 0.3) is 5.91 Å². The SMILES string of the molecule is CC(=O)Nc1ccc(NC(=O)c2scc(-c3ccccc3)c2-n2cccc2)cc1. The zero-order valence-corrected chi connectivity index (χ0v) is 16.6. The number of hydrogen-bond acceptors (Lipinski definition) is 3. The minimum absolute atomic E-state index is 0.134. The van der Waals surface area contributed by atoms with Gasteiger partial charge in [-0.05, 0) is 42.0 Å². The van der Waals surface area contributed by atoms with E-state index in [0.29, 0.717) is 16.3 Å². The second-order valence-electron chi connectivity index (χ2n) is 6.50. The highest BCUT2D eigenvalue weighted by atomic mass is 32.1. The standard InChI is InChI=1S/C23H19N3O2S/c1-16(27)24-18-9-11-19(12-10-18)25-23(28)22-21(26-13-5-6-14-26)20(15-29-22)17-7-3-2-4-8-17/h2-15H,1H3,(H,24,27)(H,25,28). The quantitative estimate of drug-likeness (QED) is 0.469. The Morgan fingerprint density at radius 3 is 2.07 bits per heavy atom. The second-order valence-corrected chi connectivity index (χ2v) is 7.38. The van der Waals surface area contributed by atoms with Crippen molar-refractivity contribution in [2.45, 2.75) is 6.92 Å². The normalized spacial score (nSPS) is 10.5. The molecule has 6 heteroatoms. The first kappa shape index (κ1) is 18.7. The molecule has 0 radical (unpaired) electrons. The molecule has 0 bridgehead atoms. The highest BCUT2D eigenvalue weighted by Crippen LogP contribution is 2.35. The summed E-state index contributed by atoms with van der Waals surface area (Å²) >= 11 is 1.42. The van der Waals surface area contributed by atoms with E-state index < -0.39 is 0 Å². The molecular formula is C23H19N3O2S. The number of nitrogens with one attached hydrogen (secondary N) is 2. The fourth-order valence-electron chi connectivity index (χ4n) is 3.10. The summed E-state index contributed by atoms with van der Waals surface area (Å²) in [4.78, 5) is 24.8. The summed E-state index contributed by atoms with van der Waals surface area (Å²) in [5, 5.41) is 7.68. The van der Waals surface area contributed by atoms with Gasteiger partial charge in [0.15, 0.2) is 0 Å². The number of anilines is 2. The predicted molar refractivity (Wildman–Crippen MR) is 118 cm³/mol. The summed E-state index contributed by atoms with van der Waals surface area (Å²) in [6, 6.07) is 21.0. The lowest BCUT2D eigenvalue weighted by Gasteiger charge is -2.11. The molecule has 4 rings (SSSR count). The molecular weight excluding hydrogens is 382 g/mol. The third-order valence-electron chi connectivity index (χ3n) is 4.38. The lowest BCUT2D eigenvalue weighted by Crippen LogP contribution is -2.13. The van der Waals surface area contributed by atoms with Crippen LogP contribution in [-0.4, -0.2) is 16.4 Å². The topological polar surface area (TPSA) is 63.1 Å². The summed E-state index contributed by atoms with van der Waals surface area (Å²) in [5.74, 6) is -0.307. The van der Waals surface area contributed by atoms with Crippen LogP contribution in [0, 0.1) is 0 Å². The van der Waals surface area contributed by atoms with Crippen LogP contribution in [0.1, 0.15) is 16.6 Å². The maximum absolute atomic E-state index is 13.1. The van der Waals surface area contributed by atoms with E-state index in [9.17, 15) is 9.59 Å². The van der Waals surface area contributed by atoms with E-state index in [1.54, 1.807) is 24.3 Å².